The second kappa shape index (κ2) is 5.49. The van der Waals surface area contributed by atoms with Crippen molar-refractivity contribution in [3.8, 4) is 0 Å². The minimum Gasteiger partial charge on any atom is -0.339 e. The van der Waals surface area contributed by atoms with Gasteiger partial charge in [-0.3, -0.25) is 4.79 Å². The quantitative estimate of drug-likeness (QED) is 0.807. The molecule has 3 aliphatic rings. The van der Waals surface area contributed by atoms with Crippen LogP contribution in [-0.4, -0.2) is 36.5 Å². The second-order valence-corrected chi connectivity index (χ2v) is 7.92. The first-order valence-corrected chi connectivity index (χ1v) is 7.95. The minimum absolute atomic E-state index is 0. The number of piperidine rings is 1. The van der Waals surface area contributed by atoms with Gasteiger partial charge in [-0.1, -0.05) is 20.8 Å². The van der Waals surface area contributed by atoms with Crippen molar-refractivity contribution in [3.05, 3.63) is 0 Å². The fourth-order valence-corrected chi connectivity index (χ4v) is 4.31. The molecule has 3 rings (SSSR count). The molecule has 2 atom stereocenters. The van der Waals surface area contributed by atoms with Crippen LogP contribution >= 0.6 is 12.4 Å². The largest absolute Gasteiger partial charge is 0.339 e. The number of halogens is 1. The lowest BCUT2D eigenvalue weighted by Crippen LogP contribution is -2.44. The van der Waals surface area contributed by atoms with Gasteiger partial charge >= 0.3 is 0 Å². The van der Waals surface area contributed by atoms with Crippen LogP contribution in [-0.2, 0) is 4.79 Å². The van der Waals surface area contributed by atoms with Gasteiger partial charge in [-0.25, -0.2) is 0 Å². The Labute approximate surface area is 129 Å². The van der Waals surface area contributed by atoms with Gasteiger partial charge in [0.05, 0.1) is 0 Å². The summed E-state index contributed by atoms with van der Waals surface area (Å²) in [6.45, 7) is 10.0. The SMILES string of the molecule is CC(C)(C)C1CCCN1C(=O)C1CC12CCNCC2.Cl. The van der Waals surface area contributed by atoms with Crippen LogP contribution < -0.4 is 5.32 Å². The average Bonchev–Trinajstić information content (AvgIpc) is 2.84. The maximum absolute atomic E-state index is 12.8. The fourth-order valence-electron chi connectivity index (χ4n) is 4.31. The zero-order valence-corrected chi connectivity index (χ0v) is 13.9. The Morgan fingerprint density at radius 2 is 1.90 bits per heavy atom. The number of amides is 1. The molecule has 0 aromatic carbocycles. The van der Waals surface area contributed by atoms with E-state index >= 15 is 0 Å². The van der Waals surface area contributed by atoms with Crippen LogP contribution in [0.1, 0.15) is 52.9 Å². The van der Waals surface area contributed by atoms with Crippen LogP contribution in [0.15, 0.2) is 0 Å². The Balaban J connectivity index is 0.00000147. The summed E-state index contributed by atoms with van der Waals surface area (Å²) >= 11 is 0. The molecule has 0 aromatic heterocycles. The summed E-state index contributed by atoms with van der Waals surface area (Å²) in [5.74, 6) is 0.817. The van der Waals surface area contributed by atoms with E-state index in [1.54, 1.807) is 0 Å². The zero-order chi connectivity index (χ0) is 13.7. The summed E-state index contributed by atoms with van der Waals surface area (Å²) in [4.78, 5) is 15.1. The molecular formula is C16H29ClN2O. The standard InChI is InChI=1S/C16H28N2O.ClH/c1-15(2,3)13-5-4-10-18(13)14(19)12-11-16(12)6-8-17-9-7-16;/h12-13,17H,4-11H2,1-3H3;1H. The van der Waals surface area contributed by atoms with Gasteiger partial charge in [0.1, 0.15) is 0 Å². The molecule has 4 heteroatoms. The molecule has 2 heterocycles. The fraction of sp³-hybridized carbons (Fsp3) is 0.938. The molecule has 0 aromatic rings. The molecule has 0 bridgehead atoms. The summed E-state index contributed by atoms with van der Waals surface area (Å²) < 4.78 is 0. The van der Waals surface area contributed by atoms with Crippen molar-refractivity contribution in [2.24, 2.45) is 16.7 Å². The van der Waals surface area contributed by atoms with Gasteiger partial charge < -0.3 is 10.2 Å². The molecule has 3 nitrogen and oxygen atoms in total. The van der Waals surface area contributed by atoms with Crippen LogP contribution in [0.3, 0.4) is 0 Å². The molecule has 0 radical (unpaired) electrons. The maximum Gasteiger partial charge on any atom is 0.226 e. The van der Waals surface area contributed by atoms with Crippen LogP contribution in [0.4, 0.5) is 0 Å². The summed E-state index contributed by atoms with van der Waals surface area (Å²) in [5, 5.41) is 3.42. The summed E-state index contributed by atoms with van der Waals surface area (Å²) in [6, 6.07) is 0.458. The lowest BCUT2D eigenvalue weighted by molar-refractivity contribution is -0.136. The molecule has 1 amide bonds. The Hall–Kier alpha value is -0.280. The molecule has 20 heavy (non-hydrogen) atoms. The predicted octanol–water partition coefficient (Wildman–Crippen LogP) is 2.84. The third-order valence-electron chi connectivity index (χ3n) is 5.62. The summed E-state index contributed by atoms with van der Waals surface area (Å²) in [6.07, 6.45) is 5.95. The van der Waals surface area contributed by atoms with Crippen LogP contribution in [0.25, 0.3) is 0 Å². The van der Waals surface area contributed by atoms with E-state index < -0.39 is 0 Å². The van der Waals surface area contributed by atoms with E-state index in [1.165, 1.54) is 25.7 Å². The number of rotatable bonds is 1. The monoisotopic (exact) mass is 300 g/mol. The van der Waals surface area contributed by atoms with Crippen molar-refractivity contribution in [1.29, 1.82) is 0 Å². The Kier molecular flexibility index (Phi) is 4.42. The third-order valence-corrected chi connectivity index (χ3v) is 5.62. The molecule has 1 spiro atoms. The van der Waals surface area contributed by atoms with E-state index in [-0.39, 0.29) is 17.8 Å². The number of nitrogens with zero attached hydrogens (tertiary/aromatic N) is 1. The molecule has 1 aliphatic carbocycles. The summed E-state index contributed by atoms with van der Waals surface area (Å²) in [5.41, 5.74) is 0.607. The van der Waals surface area contributed by atoms with Crippen molar-refractivity contribution in [2.75, 3.05) is 19.6 Å². The maximum atomic E-state index is 12.8. The topological polar surface area (TPSA) is 32.3 Å². The van der Waals surface area contributed by atoms with Crippen LogP contribution in [0, 0.1) is 16.7 Å². The van der Waals surface area contributed by atoms with Gasteiger partial charge in [-0.15, -0.1) is 12.4 Å². The molecule has 2 aliphatic heterocycles. The highest BCUT2D eigenvalue weighted by atomic mass is 35.5. The summed E-state index contributed by atoms with van der Waals surface area (Å²) in [7, 11) is 0. The van der Waals surface area contributed by atoms with E-state index in [0.717, 1.165) is 26.1 Å². The molecule has 3 fully saturated rings. The molecule has 2 saturated heterocycles. The Morgan fingerprint density at radius 1 is 1.25 bits per heavy atom. The molecule has 2 unspecified atom stereocenters. The lowest BCUT2D eigenvalue weighted by Gasteiger charge is -2.36. The molecule has 116 valence electrons. The first-order chi connectivity index (χ1) is 8.94. The highest BCUT2D eigenvalue weighted by molar-refractivity contribution is 5.85. The number of nitrogens with one attached hydrogen (secondary N) is 1. The second-order valence-electron chi connectivity index (χ2n) is 7.92. The van der Waals surface area contributed by atoms with Gasteiger partial charge in [0.25, 0.3) is 0 Å². The Morgan fingerprint density at radius 3 is 2.50 bits per heavy atom. The Bertz CT molecular complexity index is 371. The van der Waals surface area contributed by atoms with Gasteiger partial charge in [-0.2, -0.15) is 0 Å². The van der Waals surface area contributed by atoms with Gasteiger partial charge in [0.15, 0.2) is 0 Å². The zero-order valence-electron chi connectivity index (χ0n) is 13.1. The first kappa shape index (κ1) is 16.1. The number of carbonyl (C=O) groups is 1. The number of hydrogen-bond donors (Lipinski definition) is 1. The van der Waals surface area contributed by atoms with E-state index in [4.69, 9.17) is 0 Å². The lowest BCUT2D eigenvalue weighted by atomic mass is 9.84. The van der Waals surface area contributed by atoms with Crippen LogP contribution in [0.5, 0.6) is 0 Å². The van der Waals surface area contributed by atoms with Crippen molar-refractivity contribution in [1.82, 2.24) is 10.2 Å². The molecular weight excluding hydrogens is 272 g/mol. The van der Waals surface area contributed by atoms with Crippen molar-refractivity contribution in [3.63, 3.8) is 0 Å². The minimum atomic E-state index is 0. The van der Waals surface area contributed by atoms with E-state index in [2.05, 4.69) is 31.0 Å². The van der Waals surface area contributed by atoms with E-state index in [9.17, 15) is 4.79 Å². The van der Waals surface area contributed by atoms with Gasteiger partial charge in [-0.05, 0) is 56.0 Å². The predicted molar refractivity (Wildman–Crippen MR) is 84.1 cm³/mol. The number of carbonyl (C=O) groups excluding carboxylic acids is 1. The molecule has 1 N–H and O–H groups in total. The van der Waals surface area contributed by atoms with Crippen molar-refractivity contribution < 1.29 is 4.79 Å². The van der Waals surface area contributed by atoms with Gasteiger partial charge in [0.2, 0.25) is 5.91 Å². The van der Waals surface area contributed by atoms with E-state index in [0.29, 0.717) is 23.3 Å². The molecule has 1 saturated carbocycles. The average molecular weight is 301 g/mol. The normalized spacial score (nSPS) is 32.0. The highest BCUT2D eigenvalue weighted by Gasteiger charge is 2.59. The first-order valence-electron chi connectivity index (χ1n) is 7.95. The van der Waals surface area contributed by atoms with Crippen LogP contribution in [0.2, 0.25) is 0 Å². The number of hydrogen-bond acceptors (Lipinski definition) is 2. The third kappa shape index (κ3) is 2.71. The highest BCUT2D eigenvalue weighted by Crippen LogP contribution is 2.59. The number of likely N-dealkylation sites (tertiary alicyclic amines) is 1. The van der Waals surface area contributed by atoms with E-state index in [1.807, 2.05) is 0 Å². The van der Waals surface area contributed by atoms with Gasteiger partial charge in [0, 0.05) is 18.5 Å². The van der Waals surface area contributed by atoms with Crippen molar-refractivity contribution in [2.45, 2.75) is 58.9 Å². The smallest absolute Gasteiger partial charge is 0.226 e. The van der Waals surface area contributed by atoms with Crippen molar-refractivity contribution >= 4 is 18.3 Å².